The standard InChI is InChI=1S/C14H11F3N2O2/c1-21-13(20)9-6-7-18-12(8-9)19-11-4-2-10(3-5-11)14(15,16)17/h2-8H,1H3,(H,18,19). The molecule has 1 heterocycles. The molecule has 0 amide bonds. The Morgan fingerprint density at radius 3 is 2.43 bits per heavy atom. The van der Waals surface area contributed by atoms with Crippen molar-refractivity contribution in [2.45, 2.75) is 6.18 Å². The molecule has 0 radical (unpaired) electrons. The SMILES string of the molecule is COC(=O)c1ccnc(Nc2ccc(C(F)(F)F)cc2)c1. The van der Waals surface area contributed by atoms with Gasteiger partial charge in [0.15, 0.2) is 0 Å². The number of pyridine rings is 1. The molecule has 2 aromatic rings. The molecule has 0 bridgehead atoms. The Kier molecular flexibility index (Phi) is 4.11. The van der Waals surface area contributed by atoms with Crippen molar-refractivity contribution in [3.05, 3.63) is 53.7 Å². The Balaban J connectivity index is 2.17. The maximum absolute atomic E-state index is 12.4. The zero-order valence-electron chi connectivity index (χ0n) is 10.9. The number of hydrogen-bond donors (Lipinski definition) is 1. The molecule has 1 N–H and O–H groups in total. The monoisotopic (exact) mass is 296 g/mol. The van der Waals surface area contributed by atoms with E-state index in [1.54, 1.807) is 0 Å². The third-order valence-corrected chi connectivity index (χ3v) is 2.67. The molecule has 1 aromatic heterocycles. The zero-order valence-corrected chi connectivity index (χ0v) is 10.9. The molecular weight excluding hydrogens is 285 g/mol. The summed E-state index contributed by atoms with van der Waals surface area (Å²) in [6, 6.07) is 7.43. The summed E-state index contributed by atoms with van der Waals surface area (Å²) >= 11 is 0. The van der Waals surface area contributed by atoms with Crippen molar-refractivity contribution >= 4 is 17.5 Å². The Bertz CT molecular complexity index is 639. The van der Waals surface area contributed by atoms with Gasteiger partial charge in [-0.1, -0.05) is 0 Å². The minimum Gasteiger partial charge on any atom is -0.465 e. The second kappa shape index (κ2) is 5.82. The number of rotatable bonds is 3. The highest BCUT2D eigenvalue weighted by Crippen LogP contribution is 2.30. The molecule has 0 aliphatic rings. The molecule has 0 fully saturated rings. The van der Waals surface area contributed by atoms with Gasteiger partial charge in [-0.25, -0.2) is 9.78 Å². The highest BCUT2D eigenvalue weighted by atomic mass is 19.4. The van der Waals surface area contributed by atoms with Crippen molar-refractivity contribution in [1.29, 1.82) is 0 Å². The van der Waals surface area contributed by atoms with Gasteiger partial charge < -0.3 is 10.1 Å². The lowest BCUT2D eigenvalue weighted by Gasteiger charge is -2.09. The van der Waals surface area contributed by atoms with Crippen molar-refractivity contribution in [2.24, 2.45) is 0 Å². The Morgan fingerprint density at radius 1 is 1.19 bits per heavy atom. The zero-order chi connectivity index (χ0) is 15.5. The van der Waals surface area contributed by atoms with Crippen LogP contribution < -0.4 is 5.32 Å². The Labute approximate surface area is 118 Å². The number of esters is 1. The van der Waals surface area contributed by atoms with Crippen molar-refractivity contribution in [2.75, 3.05) is 12.4 Å². The van der Waals surface area contributed by atoms with E-state index in [1.807, 2.05) is 0 Å². The largest absolute Gasteiger partial charge is 0.465 e. The van der Waals surface area contributed by atoms with Gasteiger partial charge in [0.05, 0.1) is 18.2 Å². The predicted octanol–water partition coefficient (Wildman–Crippen LogP) is 3.63. The minimum absolute atomic E-state index is 0.293. The Hall–Kier alpha value is -2.57. The smallest absolute Gasteiger partial charge is 0.416 e. The summed E-state index contributed by atoms with van der Waals surface area (Å²) in [7, 11) is 1.26. The van der Waals surface area contributed by atoms with Crippen molar-refractivity contribution in [3.63, 3.8) is 0 Å². The van der Waals surface area contributed by atoms with E-state index in [1.165, 1.54) is 37.6 Å². The van der Waals surface area contributed by atoms with E-state index in [0.717, 1.165) is 12.1 Å². The van der Waals surface area contributed by atoms with Gasteiger partial charge in [-0.2, -0.15) is 13.2 Å². The van der Waals surface area contributed by atoms with Gasteiger partial charge in [0, 0.05) is 11.9 Å². The van der Waals surface area contributed by atoms with Crippen LogP contribution in [0.25, 0.3) is 0 Å². The third-order valence-electron chi connectivity index (χ3n) is 2.67. The van der Waals surface area contributed by atoms with Gasteiger partial charge in [-0.05, 0) is 36.4 Å². The molecule has 0 aliphatic heterocycles. The molecule has 0 aliphatic carbocycles. The number of carbonyl (C=O) groups excluding carboxylic acids is 1. The van der Waals surface area contributed by atoms with Gasteiger partial charge in [0.1, 0.15) is 5.82 Å². The van der Waals surface area contributed by atoms with Crippen LogP contribution in [0, 0.1) is 0 Å². The number of anilines is 2. The molecule has 1 aromatic carbocycles. The predicted molar refractivity (Wildman–Crippen MR) is 70.3 cm³/mol. The molecule has 110 valence electrons. The summed E-state index contributed by atoms with van der Waals surface area (Å²) in [5.74, 6) is -0.189. The number of carbonyl (C=O) groups is 1. The van der Waals surface area contributed by atoms with E-state index in [0.29, 0.717) is 17.1 Å². The van der Waals surface area contributed by atoms with Crippen LogP contribution >= 0.6 is 0 Å². The summed E-state index contributed by atoms with van der Waals surface area (Å²) < 4.78 is 41.9. The van der Waals surface area contributed by atoms with Crippen molar-refractivity contribution < 1.29 is 22.7 Å². The number of methoxy groups -OCH3 is 1. The number of hydrogen-bond acceptors (Lipinski definition) is 4. The van der Waals surface area contributed by atoms with Gasteiger partial charge in [0.2, 0.25) is 0 Å². The highest BCUT2D eigenvalue weighted by molar-refractivity contribution is 5.90. The van der Waals surface area contributed by atoms with Crippen LogP contribution in [0.1, 0.15) is 15.9 Å². The first kappa shape index (κ1) is 14.8. The van der Waals surface area contributed by atoms with E-state index in [4.69, 9.17) is 0 Å². The summed E-state index contributed by atoms with van der Waals surface area (Å²) in [5, 5.41) is 2.82. The number of aromatic nitrogens is 1. The van der Waals surface area contributed by atoms with E-state index in [2.05, 4.69) is 15.0 Å². The van der Waals surface area contributed by atoms with Gasteiger partial charge >= 0.3 is 12.1 Å². The minimum atomic E-state index is -4.37. The van der Waals surface area contributed by atoms with E-state index in [-0.39, 0.29) is 0 Å². The maximum atomic E-state index is 12.4. The fourth-order valence-corrected chi connectivity index (χ4v) is 1.63. The fraction of sp³-hybridized carbons (Fsp3) is 0.143. The number of ether oxygens (including phenoxy) is 1. The quantitative estimate of drug-likeness (QED) is 0.879. The number of benzene rings is 1. The molecule has 21 heavy (non-hydrogen) atoms. The number of halogens is 3. The second-order valence-corrected chi connectivity index (χ2v) is 4.12. The topological polar surface area (TPSA) is 51.2 Å². The van der Waals surface area contributed by atoms with Crippen LogP contribution in [0.2, 0.25) is 0 Å². The molecule has 4 nitrogen and oxygen atoms in total. The molecule has 7 heteroatoms. The average molecular weight is 296 g/mol. The first-order valence-corrected chi connectivity index (χ1v) is 5.89. The molecule has 0 atom stereocenters. The number of nitrogens with one attached hydrogen (secondary N) is 1. The lowest BCUT2D eigenvalue weighted by molar-refractivity contribution is -0.137. The fourth-order valence-electron chi connectivity index (χ4n) is 1.63. The summed E-state index contributed by atoms with van der Waals surface area (Å²) in [6.45, 7) is 0. The molecule has 0 saturated carbocycles. The molecule has 0 saturated heterocycles. The number of alkyl halides is 3. The number of nitrogens with zero attached hydrogens (tertiary/aromatic N) is 1. The molecule has 2 rings (SSSR count). The van der Waals surface area contributed by atoms with E-state index < -0.39 is 17.7 Å². The van der Waals surface area contributed by atoms with Gasteiger partial charge in [0.25, 0.3) is 0 Å². The lowest BCUT2D eigenvalue weighted by Crippen LogP contribution is -2.05. The third kappa shape index (κ3) is 3.71. The second-order valence-electron chi connectivity index (χ2n) is 4.12. The molecule has 0 unspecified atom stereocenters. The van der Waals surface area contributed by atoms with Crippen LogP contribution in [-0.4, -0.2) is 18.1 Å². The lowest BCUT2D eigenvalue weighted by atomic mass is 10.2. The average Bonchev–Trinajstić information content (AvgIpc) is 2.46. The molecule has 0 spiro atoms. The van der Waals surface area contributed by atoms with Gasteiger partial charge in [-0.3, -0.25) is 0 Å². The maximum Gasteiger partial charge on any atom is 0.416 e. The van der Waals surface area contributed by atoms with Gasteiger partial charge in [-0.15, -0.1) is 0 Å². The van der Waals surface area contributed by atoms with Crippen LogP contribution in [0.5, 0.6) is 0 Å². The van der Waals surface area contributed by atoms with Crippen LogP contribution in [0.3, 0.4) is 0 Å². The van der Waals surface area contributed by atoms with Crippen molar-refractivity contribution in [3.8, 4) is 0 Å². The van der Waals surface area contributed by atoms with Crippen LogP contribution in [0.15, 0.2) is 42.6 Å². The normalized spacial score (nSPS) is 11.0. The van der Waals surface area contributed by atoms with E-state index in [9.17, 15) is 18.0 Å². The summed E-state index contributed by atoms with van der Waals surface area (Å²) in [5.41, 5.74) is -0.0104. The first-order chi connectivity index (χ1) is 9.90. The summed E-state index contributed by atoms with van der Waals surface area (Å²) in [4.78, 5) is 15.4. The van der Waals surface area contributed by atoms with E-state index >= 15 is 0 Å². The van der Waals surface area contributed by atoms with Crippen LogP contribution in [0.4, 0.5) is 24.7 Å². The van der Waals surface area contributed by atoms with Crippen molar-refractivity contribution in [1.82, 2.24) is 4.98 Å². The van der Waals surface area contributed by atoms with Crippen LogP contribution in [-0.2, 0) is 10.9 Å². The highest BCUT2D eigenvalue weighted by Gasteiger charge is 2.29. The Morgan fingerprint density at radius 2 is 1.86 bits per heavy atom. The summed E-state index contributed by atoms with van der Waals surface area (Å²) in [6.07, 6.45) is -2.97. The first-order valence-electron chi connectivity index (χ1n) is 5.89. The molecular formula is C14H11F3N2O2.